The topological polar surface area (TPSA) is 55.1 Å². The highest BCUT2D eigenvalue weighted by Crippen LogP contribution is 2.44. The van der Waals surface area contributed by atoms with Crippen molar-refractivity contribution >= 4 is 29.9 Å². The lowest BCUT2D eigenvalue weighted by Gasteiger charge is -2.08. The number of rotatable bonds is 3. The van der Waals surface area contributed by atoms with Gasteiger partial charge in [0.2, 0.25) is 5.91 Å². The van der Waals surface area contributed by atoms with Crippen LogP contribution in [-0.2, 0) is 4.79 Å². The van der Waals surface area contributed by atoms with Crippen molar-refractivity contribution in [3.05, 3.63) is 34.6 Å². The Morgan fingerprint density at radius 3 is 2.83 bits per heavy atom. The Labute approximate surface area is 116 Å². The number of carbonyl (C=O) groups excluding carboxylic acids is 1. The fourth-order valence-corrected chi connectivity index (χ4v) is 2.16. The maximum absolute atomic E-state index is 13.6. The van der Waals surface area contributed by atoms with E-state index in [2.05, 4.69) is 5.32 Å². The SMILES string of the molecule is C[C@@H](N)C(=O)NC1CC1c1c(F)cccc1Cl.Cl. The lowest BCUT2D eigenvalue weighted by Crippen LogP contribution is -2.39. The Balaban J connectivity index is 0.00000162. The Morgan fingerprint density at radius 2 is 2.28 bits per heavy atom. The number of carbonyl (C=O) groups is 1. The summed E-state index contributed by atoms with van der Waals surface area (Å²) in [6, 6.07) is 4.00. The number of halogens is 3. The molecule has 0 aromatic heterocycles. The van der Waals surface area contributed by atoms with Crippen LogP contribution in [0.3, 0.4) is 0 Å². The standard InChI is InChI=1S/C12H14ClFN2O.ClH/c1-6(15)12(17)16-10-5-7(10)11-8(13)3-2-4-9(11)14;/h2-4,6-7,10H,5,15H2,1H3,(H,16,17);1H/t6-,7?,10?;/m1./s1. The predicted octanol–water partition coefficient (Wildman–Crippen LogP) is 2.22. The second kappa shape index (κ2) is 5.87. The highest BCUT2D eigenvalue weighted by molar-refractivity contribution is 6.31. The first-order valence-corrected chi connectivity index (χ1v) is 5.88. The molecule has 1 aliphatic rings. The smallest absolute Gasteiger partial charge is 0.236 e. The number of nitrogens with two attached hydrogens (primary N) is 1. The van der Waals surface area contributed by atoms with Crippen molar-refractivity contribution in [2.45, 2.75) is 31.3 Å². The van der Waals surface area contributed by atoms with Crippen LogP contribution < -0.4 is 11.1 Å². The van der Waals surface area contributed by atoms with E-state index in [1.807, 2.05) is 0 Å². The molecule has 6 heteroatoms. The zero-order valence-electron chi connectivity index (χ0n) is 9.82. The van der Waals surface area contributed by atoms with Gasteiger partial charge in [0.15, 0.2) is 0 Å². The molecule has 100 valence electrons. The highest BCUT2D eigenvalue weighted by Gasteiger charge is 2.42. The first-order chi connectivity index (χ1) is 8.00. The van der Waals surface area contributed by atoms with Gasteiger partial charge in [0, 0.05) is 22.5 Å². The molecule has 1 amide bonds. The molecule has 2 rings (SSSR count). The lowest BCUT2D eigenvalue weighted by molar-refractivity contribution is -0.122. The van der Waals surface area contributed by atoms with E-state index in [4.69, 9.17) is 17.3 Å². The summed E-state index contributed by atoms with van der Waals surface area (Å²) >= 11 is 5.95. The second-order valence-electron chi connectivity index (χ2n) is 4.38. The summed E-state index contributed by atoms with van der Waals surface area (Å²) in [6.07, 6.45) is 0.707. The van der Waals surface area contributed by atoms with Gasteiger partial charge in [-0.1, -0.05) is 17.7 Å². The van der Waals surface area contributed by atoms with Gasteiger partial charge >= 0.3 is 0 Å². The molecule has 18 heavy (non-hydrogen) atoms. The average molecular weight is 293 g/mol. The minimum absolute atomic E-state index is 0. The van der Waals surface area contributed by atoms with Crippen LogP contribution in [0.1, 0.15) is 24.8 Å². The molecule has 1 aromatic carbocycles. The minimum atomic E-state index is -0.549. The number of amides is 1. The molecule has 2 unspecified atom stereocenters. The third-order valence-electron chi connectivity index (χ3n) is 2.90. The largest absolute Gasteiger partial charge is 0.351 e. The zero-order valence-corrected chi connectivity index (χ0v) is 11.4. The van der Waals surface area contributed by atoms with Gasteiger partial charge in [-0.25, -0.2) is 4.39 Å². The summed E-state index contributed by atoms with van der Waals surface area (Å²) in [6.45, 7) is 1.61. The molecule has 0 heterocycles. The Bertz CT molecular complexity index is 433. The van der Waals surface area contributed by atoms with Gasteiger partial charge < -0.3 is 11.1 Å². The van der Waals surface area contributed by atoms with Crippen LogP contribution in [0.2, 0.25) is 5.02 Å². The van der Waals surface area contributed by atoms with Gasteiger partial charge in [-0.15, -0.1) is 12.4 Å². The van der Waals surface area contributed by atoms with Crippen LogP contribution in [0, 0.1) is 5.82 Å². The van der Waals surface area contributed by atoms with Crippen molar-refractivity contribution in [2.75, 3.05) is 0 Å². The van der Waals surface area contributed by atoms with E-state index < -0.39 is 6.04 Å². The van der Waals surface area contributed by atoms with Crippen LogP contribution in [0.5, 0.6) is 0 Å². The van der Waals surface area contributed by atoms with Crippen LogP contribution in [0.15, 0.2) is 18.2 Å². The summed E-state index contributed by atoms with van der Waals surface area (Å²) in [5.74, 6) is -0.573. The van der Waals surface area contributed by atoms with E-state index in [0.717, 1.165) is 0 Å². The van der Waals surface area contributed by atoms with Crippen molar-refractivity contribution in [2.24, 2.45) is 5.73 Å². The van der Waals surface area contributed by atoms with E-state index in [1.165, 1.54) is 6.07 Å². The molecule has 1 saturated carbocycles. The number of hydrogen-bond acceptors (Lipinski definition) is 2. The summed E-state index contributed by atoms with van der Waals surface area (Å²) in [4.78, 5) is 11.4. The molecule has 3 atom stereocenters. The third-order valence-corrected chi connectivity index (χ3v) is 3.23. The average Bonchev–Trinajstić information content (AvgIpc) is 2.96. The van der Waals surface area contributed by atoms with Gasteiger partial charge in [0.05, 0.1) is 6.04 Å². The summed E-state index contributed by atoms with van der Waals surface area (Å²) < 4.78 is 13.6. The van der Waals surface area contributed by atoms with Crippen molar-refractivity contribution in [1.82, 2.24) is 5.32 Å². The molecule has 1 aliphatic carbocycles. The fraction of sp³-hybridized carbons (Fsp3) is 0.417. The van der Waals surface area contributed by atoms with E-state index >= 15 is 0 Å². The van der Waals surface area contributed by atoms with Gasteiger partial charge in [-0.05, 0) is 25.5 Å². The highest BCUT2D eigenvalue weighted by atomic mass is 35.5. The summed E-state index contributed by atoms with van der Waals surface area (Å²) in [5, 5.41) is 3.18. The van der Waals surface area contributed by atoms with Gasteiger partial charge in [-0.3, -0.25) is 4.79 Å². The molecule has 3 N–H and O–H groups in total. The molecule has 0 spiro atoms. The Hall–Kier alpha value is -0.840. The Morgan fingerprint density at radius 1 is 1.61 bits per heavy atom. The molecule has 0 bridgehead atoms. The molecule has 3 nitrogen and oxygen atoms in total. The van der Waals surface area contributed by atoms with E-state index in [9.17, 15) is 9.18 Å². The first-order valence-electron chi connectivity index (χ1n) is 5.50. The fourth-order valence-electron chi connectivity index (χ4n) is 1.85. The molecular weight excluding hydrogens is 278 g/mol. The molecule has 1 fully saturated rings. The number of hydrogen-bond donors (Lipinski definition) is 2. The number of nitrogens with one attached hydrogen (secondary N) is 1. The van der Waals surface area contributed by atoms with E-state index in [0.29, 0.717) is 17.0 Å². The monoisotopic (exact) mass is 292 g/mol. The van der Waals surface area contributed by atoms with Crippen LogP contribution in [-0.4, -0.2) is 18.0 Å². The van der Waals surface area contributed by atoms with Gasteiger partial charge in [0.1, 0.15) is 5.82 Å². The van der Waals surface area contributed by atoms with Gasteiger partial charge in [0.25, 0.3) is 0 Å². The normalized spacial score (nSPS) is 22.9. The first kappa shape index (κ1) is 15.2. The van der Waals surface area contributed by atoms with Crippen LogP contribution in [0.4, 0.5) is 4.39 Å². The third kappa shape index (κ3) is 3.13. The van der Waals surface area contributed by atoms with Gasteiger partial charge in [-0.2, -0.15) is 0 Å². The molecule has 1 aromatic rings. The predicted molar refractivity (Wildman–Crippen MR) is 71.6 cm³/mol. The molecule has 0 radical (unpaired) electrons. The maximum atomic E-state index is 13.6. The molecule has 0 aliphatic heterocycles. The second-order valence-corrected chi connectivity index (χ2v) is 4.79. The molecule has 0 saturated heterocycles. The van der Waals surface area contributed by atoms with Crippen molar-refractivity contribution in [1.29, 1.82) is 0 Å². The number of benzene rings is 1. The van der Waals surface area contributed by atoms with Crippen LogP contribution in [0.25, 0.3) is 0 Å². The summed E-state index contributed by atoms with van der Waals surface area (Å²) in [7, 11) is 0. The zero-order chi connectivity index (χ0) is 12.6. The van der Waals surface area contributed by atoms with E-state index in [-0.39, 0.29) is 36.1 Å². The lowest BCUT2D eigenvalue weighted by atomic mass is 10.1. The molecular formula is C12H15Cl2FN2O. The quantitative estimate of drug-likeness (QED) is 0.898. The van der Waals surface area contributed by atoms with Crippen molar-refractivity contribution in [3.8, 4) is 0 Å². The van der Waals surface area contributed by atoms with Crippen LogP contribution >= 0.6 is 24.0 Å². The van der Waals surface area contributed by atoms with Crippen molar-refractivity contribution < 1.29 is 9.18 Å². The Kier molecular flexibility index (Phi) is 4.96. The van der Waals surface area contributed by atoms with E-state index in [1.54, 1.807) is 19.1 Å². The van der Waals surface area contributed by atoms with Crippen molar-refractivity contribution in [3.63, 3.8) is 0 Å². The summed E-state index contributed by atoms with van der Waals surface area (Å²) in [5.41, 5.74) is 5.93. The minimum Gasteiger partial charge on any atom is -0.351 e. The maximum Gasteiger partial charge on any atom is 0.236 e.